The Labute approximate surface area is 113 Å². The predicted molar refractivity (Wildman–Crippen MR) is 74.5 cm³/mol. The van der Waals surface area contributed by atoms with Crippen LogP contribution in [0, 0.1) is 5.92 Å². The average Bonchev–Trinajstić information content (AvgIpc) is 3.02. The van der Waals surface area contributed by atoms with Crippen LogP contribution in [0.1, 0.15) is 18.9 Å². The lowest BCUT2D eigenvalue weighted by molar-refractivity contribution is 0.179. The van der Waals surface area contributed by atoms with Crippen LogP contribution in [0.15, 0.2) is 24.3 Å². The van der Waals surface area contributed by atoms with Crippen LogP contribution in [-0.2, 0) is 10.2 Å². The molecule has 1 aliphatic heterocycles. The van der Waals surface area contributed by atoms with Crippen LogP contribution in [0.2, 0.25) is 0 Å². The number of methoxy groups -OCH3 is 1. The van der Waals surface area contributed by atoms with Gasteiger partial charge in [-0.05, 0) is 43.5 Å². The van der Waals surface area contributed by atoms with Crippen molar-refractivity contribution in [2.24, 2.45) is 5.92 Å². The van der Waals surface area contributed by atoms with Gasteiger partial charge in [-0.3, -0.25) is 4.90 Å². The van der Waals surface area contributed by atoms with Crippen LogP contribution in [0.3, 0.4) is 0 Å². The molecule has 1 aromatic rings. The molecule has 19 heavy (non-hydrogen) atoms. The van der Waals surface area contributed by atoms with Gasteiger partial charge in [0.15, 0.2) is 0 Å². The van der Waals surface area contributed by atoms with Crippen molar-refractivity contribution >= 4 is 11.8 Å². The molecule has 3 rings (SSSR count). The molecule has 4 heteroatoms. The lowest BCUT2D eigenvalue weighted by Gasteiger charge is -2.20. The van der Waals surface area contributed by atoms with Gasteiger partial charge in [-0.2, -0.15) is 0 Å². The van der Waals surface area contributed by atoms with E-state index < -0.39 is 0 Å². The van der Waals surface area contributed by atoms with Gasteiger partial charge in [0.05, 0.1) is 7.11 Å². The second-order valence-corrected chi connectivity index (χ2v) is 5.45. The van der Waals surface area contributed by atoms with Gasteiger partial charge in [0.25, 0.3) is 0 Å². The Kier molecular flexibility index (Phi) is 2.97. The number of hydrogen-bond donors (Lipinski definition) is 1. The summed E-state index contributed by atoms with van der Waals surface area (Å²) in [5.41, 5.74) is 2.67. The standard InChI is InChI=1S/C15H20N2O2/c1-3-17(14(18)19-2)13-6-4-11(5-7-13)15-8-12(15)9-16-10-15/h4-7,12,16H,3,8-10H2,1-2H3. The molecule has 1 N–H and O–H groups in total. The minimum atomic E-state index is -0.305. The number of nitrogens with one attached hydrogen (secondary N) is 1. The number of benzene rings is 1. The van der Waals surface area contributed by atoms with Gasteiger partial charge < -0.3 is 10.1 Å². The molecule has 1 saturated heterocycles. The quantitative estimate of drug-likeness (QED) is 0.905. The first-order valence-electron chi connectivity index (χ1n) is 6.88. The molecule has 0 bridgehead atoms. The maximum atomic E-state index is 11.6. The van der Waals surface area contributed by atoms with Crippen molar-refractivity contribution in [2.45, 2.75) is 18.8 Å². The summed E-state index contributed by atoms with van der Waals surface area (Å²) in [6.45, 7) is 4.79. The molecule has 0 aromatic heterocycles. The van der Waals surface area contributed by atoms with Crippen LogP contribution in [0.5, 0.6) is 0 Å². The third-order valence-electron chi connectivity index (χ3n) is 4.53. The normalized spacial score (nSPS) is 27.8. The monoisotopic (exact) mass is 260 g/mol. The second kappa shape index (κ2) is 4.53. The minimum Gasteiger partial charge on any atom is -0.452 e. The number of fused-ring (bicyclic) bond motifs is 1. The third-order valence-corrected chi connectivity index (χ3v) is 4.53. The van der Waals surface area contributed by atoms with Crippen molar-refractivity contribution in [1.82, 2.24) is 5.32 Å². The highest BCUT2D eigenvalue weighted by Gasteiger charge is 2.57. The van der Waals surface area contributed by atoms with Crippen LogP contribution >= 0.6 is 0 Å². The number of carbonyl (C=O) groups excluding carboxylic acids is 1. The highest BCUT2D eigenvalue weighted by atomic mass is 16.5. The molecule has 1 saturated carbocycles. The average molecular weight is 260 g/mol. The van der Waals surface area contributed by atoms with Crippen molar-refractivity contribution in [3.05, 3.63) is 29.8 Å². The highest BCUT2D eigenvalue weighted by molar-refractivity contribution is 5.87. The molecule has 2 aliphatic rings. The highest BCUT2D eigenvalue weighted by Crippen LogP contribution is 2.56. The van der Waals surface area contributed by atoms with Gasteiger partial charge >= 0.3 is 6.09 Å². The fourth-order valence-corrected chi connectivity index (χ4v) is 3.29. The van der Waals surface area contributed by atoms with E-state index in [4.69, 9.17) is 4.74 Å². The van der Waals surface area contributed by atoms with E-state index in [0.29, 0.717) is 12.0 Å². The van der Waals surface area contributed by atoms with Crippen molar-refractivity contribution < 1.29 is 9.53 Å². The van der Waals surface area contributed by atoms with Crippen molar-refractivity contribution in [3.8, 4) is 0 Å². The number of hydrogen-bond acceptors (Lipinski definition) is 3. The lowest BCUT2D eigenvalue weighted by Crippen LogP contribution is -2.30. The van der Waals surface area contributed by atoms with Crippen LogP contribution < -0.4 is 10.2 Å². The summed E-state index contributed by atoms with van der Waals surface area (Å²) in [4.78, 5) is 13.3. The SMILES string of the molecule is CCN(C(=O)OC)c1ccc(C23CNCC2C3)cc1. The maximum Gasteiger partial charge on any atom is 0.413 e. The maximum absolute atomic E-state index is 11.6. The fourth-order valence-electron chi connectivity index (χ4n) is 3.29. The zero-order chi connectivity index (χ0) is 13.5. The van der Waals surface area contributed by atoms with Gasteiger partial charge in [0.1, 0.15) is 0 Å². The molecule has 102 valence electrons. The van der Waals surface area contributed by atoms with Gasteiger partial charge in [-0.1, -0.05) is 12.1 Å². The molecule has 0 spiro atoms. The molecule has 4 nitrogen and oxygen atoms in total. The van der Waals surface area contributed by atoms with Gasteiger partial charge in [0, 0.05) is 24.2 Å². The first-order valence-corrected chi connectivity index (χ1v) is 6.88. The number of carbonyl (C=O) groups is 1. The minimum absolute atomic E-state index is 0.305. The Morgan fingerprint density at radius 3 is 2.68 bits per heavy atom. The van der Waals surface area contributed by atoms with E-state index in [2.05, 4.69) is 17.4 Å². The van der Waals surface area contributed by atoms with Gasteiger partial charge in [0.2, 0.25) is 0 Å². The Morgan fingerprint density at radius 2 is 2.21 bits per heavy atom. The zero-order valence-electron chi connectivity index (χ0n) is 11.5. The van der Waals surface area contributed by atoms with E-state index in [1.54, 1.807) is 4.90 Å². The van der Waals surface area contributed by atoms with Crippen LogP contribution in [-0.4, -0.2) is 32.8 Å². The van der Waals surface area contributed by atoms with Crippen LogP contribution in [0.25, 0.3) is 0 Å². The topological polar surface area (TPSA) is 41.6 Å². The van der Waals surface area contributed by atoms with Gasteiger partial charge in [-0.25, -0.2) is 4.79 Å². The number of rotatable bonds is 3. The van der Waals surface area contributed by atoms with E-state index >= 15 is 0 Å². The zero-order valence-corrected chi connectivity index (χ0v) is 11.5. The number of nitrogens with zero attached hydrogens (tertiary/aromatic N) is 1. The summed E-state index contributed by atoms with van der Waals surface area (Å²) in [7, 11) is 1.41. The smallest absolute Gasteiger partial charge is 0.413 e. The number of ether oxygens (including phenoxy) is 1. The van der Waals surface area contributed by atoms with E-state index in [1.807, 2.05) is 19.1 Å². The molecule has 1 aliphatic carbocycles. The Balaban J connectivity index is 1.81. The Bertz CT molecular complexity index is 485. The summed E-state index contributed by atoms with van der Waals surface area (Å²) >= 11 is 0. The van der Waals surface area contributed by atoms with Crippen molar-refractivity contribution in [1.29, 1.82) is 0 Å². The molecule has 2 fully saturated rings. The Morgan fingerprint density at radius 1 is 1.47 bits per heavy atom. The van der Waals surface area contributed by atoms with Crippen molar-refractivity contribution in [2.75, 3.05) is 31.6 Å². The molecule has 1 amide bonds. The van der Waals surface area contributed by atoms with Crippen molar-refractivity contribution in [3.63, 3.8) is 0 Å². The summed E-state index contributed by atoms with van der Waals surface area (Å²) in [6, 6.07) is 8.37. The van der Waals surface area contributed by atoms with E-state index in [0.717, 1.165) is 24.7 Å². The molecule has 2 unspecified atom stereocenters. The third kappa shape index (κ3) is 1.91. The predicted octanol–water partition coefficient (Wildman–Crippen LogP) is 2.14. The molecule has 1 heterocycles. The summed E-state index contributed by atoms with van der Waals surface area (Å²) in [5, 5.41) is 3.45. The number of anilines is 1. The lowest BCUT2D eigenvalue weighted by atomic mass is 9.95. The molecule has 2 atom stereocenters. The Hall–Kier alpha value is -1.55. The van der Waals surface area contributed by atoms with E-state index in [1.165, 1.54) is 19.1 Å². The summed E-state index contributed by atoms with van der Waals surface area (Å²) < 4.78 is 4.79. The summed E-state index contributed by atoms with van der Waals surface area (Å²) in [5.74, 6) is 0.807. The van der Waals surface area contributed by atoms with Crippen LogP contribution in [0.4, 0.5) is 10.5 Å². The molecule has 0 radical (unpaired) electrons. The fraction of sp³-hybridized carbons (Fsp3) is 0.533. The number of amides is 1. The largest absolute Gasteiger partial charge is 0.452 e. The summed E-state index contributed by atoms with van der Waals surface area (Å²) in [6.07, 6.45) is 0.994. The first kappa shape index (κ1) is 12.5. The molecule has 1 aromatic carbocycles. The molecular formula is C15H20N2O2. The first-order chi connectivity index (χ1) is 9.21. The van der Waals surface area contributed by atoms with E-state index in [-0.39, 0.29) is 6.09 Å². The molecular weight excluding hydrogens is 240 g/mol. The van der Waals surface area contributed by atoms with E-state index in [9.17, 15) is 4.79 Å². The second-order valence-electron chi connectivity index (χ2n) is 5.45. The van der Waals surface area contributed by atoms with Gasteiger partial charge in [-0.15, -0.1) is 0 Å². The number of piperidine rings is 1.